The van der Waals surface area contributed by atoms with E-state index < -0.39 is 0 Å². The van der Waals surface area contributed by atoms with Crippen molar-refractivity contribution < 1.29 is 4.79 Å². The fourth-order valence-electron chi connectivity index (χ4n) is 2.91. The monoisotopic (exact) mass is 419 g/mol. The molecule has 0 radical (unpaired) electrons. The number of carbonyl (C=O) groups is 1. The number of anilines is 1. The summed E-state index contributed by atoms with van der Waals surface area (Å²) in [7, 11) is 0. The predicted octanol–water partition coefficient (Wildman–Crippen LogP) is 5.05. The number of aromatic amines is 1. The Hall–Kier alpha value is -3.15. The van der Waals surface area contributed by atoms with Crippen molar-refractivity contribution >= 4 is 45.0 Å². The van der Waals surface area contributed by atoms with Crippen LogP contribution in [0.15, 0.2) is 46.8 Å². The molecule has 144 valence electrons. The van der Waals surface area contributed by atoms with E-state index in [1.165, 1.54) is 11.3 Å². The first-order valence-electron chi connectivity index (χ1n) is 8.89. The molecule has 2 heterocycles. The Balaban J connectivity index is 1.41. The largest absolute Gasteiger partial charge is 0.358 e. The SMILES string of the molecule is Cc1[nH]c2ccc(C(=O)Nc3nnc(SCc4ccc(C#N)cc4)s3)cc2c1C. The Morgan fingerprint density at radius 2 is 2.00 bits per heavy atom. The van der Waals surface area contributed by atoms with E-state index in [1.54, 1.807) is 30.0 Å². The minimum atomic E-state index is -0.204. The summed E-state index contributed by atoms with van der Waals surface area (Å²) < 4.78 is 0.775. The number of nitrogens with one attached hydrogen (secondary N) is 2. The standard InChI is InChI=1S/C21H17N5OS2/c1-12-13(2)23-18-8-7-16(9-17(12)18)19(27)24-20-25-26-21(29-20)28-11-15-5-3-14(10-22)4-6-15/h3-9,23H,11H2,1-2H3,(H,24,25,27). The van der Waals surface area contributed by atoms with Crippen molar-refractivity contribution in [3.8, 4) is 6.07 Å². The third-order valence-corrected chi connectivity index (χ3v) is 6.69. The normalized spacial score (nSPS) is 10.8. The molecule has 8 heteroatoms. The number of aryl methyl sites for hydroxylation is 2. The van der Waals surface area contributed by atoms with Crippen LogP contribution in [0.5, 0.6) is 0 Å². The van der Waals surface area contributed by atoms with Crippen molar-refractivity contribution in [3.63, 3.8) is 0 Å². The van der Waals surface area contributed by atoms with Crippen molar-refractivity contribution in [2.75, 3.05) is 5.32 Å². The van der Waals surface area contributed by atoms with E-state index in [1.807, 2.05) is 38.1 Å². The first kappa shape index (κ1) is 19.2. The fourth-order valence-corrected chi connectivity index (χ4v) is 4.61. The van der Waals surface area contributed by atoms with Gasteiger partial charge < -0.3 is 4.98 Å². The molecular formula is C21H17N5OS2. The minimum Gasteiger partial charge on any atom is -0.358 e. The van der Waals surface area contributed by atoms with Crippen molar-refractivity contribution in [3.05, 3.63) is 70.4 Å². The number of amides is 1. The highest BCUT2D eigenvalue weighted by atomic mass is 32.2. The summed E-state index contributed by atoms with van der Waals surface area (Å²) >= 11 is 2.89. The van der Waals surface area contributed by atoms with E-state index in [-0.39, 0.29) is 5.91 Å². The van der Waals surface area contributed by atoms with Crippen LogP contribution in [0.2, 0.25) is 0 Å². The Labute approximate surface area is 176 Å². The van der Waals surface area contributed by atoms with E-state index in [4.69, 9.17) is 5.26 Å². The predicted molar refractivity (Wildman–Crippen MR) is 116 cm³/mol. The van der Waals surface area contributed by atoms with Gasteiger partial charge in [-0.25, -0.2) is 0 Å². The number of nitriles is 1. The van der Waals surface area contributed by atoms with Crippen molar-refractivity contribution in [2.45, 2.75) is 23.9 Å². The smallest absolute Gasteiger partial charge is 0.257 e. The van der Waals surface area contributed by atoms with Gasteiger partial charge in [0.05, 0.1) is 11.6 Å². The zero-order valence-corrected chi connectivity index (χ0v) is 17.4. The van der Waals surface area contributed by atoms with Gasteiger partial charge in [-0.1, -0.05) is 35.2 Å². The van der Waals surface area contributed by atoms with Gasteiger partial charge in [0.2, 0.25) is 5.13 Å². The van der Waals surface area contributed by atoms with Crippen molar-refractivity contribution in [1.82, 2.24) is 15.2 Å². The molecular weight excluding hydrogens is 402 g/mol. The number of aromatic nitrogens is 3. The zero-order chi connectivity index (χ0) is 20.4. The molecule has 0 bridgehead atoms. The van der Waals surface area contributed by atoms with Crippen LogP contribution in [0.25, 0.3) is 10.9 Å². The summed E-state index contributed by atoms with van der Waals surface area (Å²) in [5, 5.41) is 21.4. The molecule has 0 saturated carbocycles. The van der Waals surface area contributed by atoms with E-state index in [9.17, 15) is 4.79 Å². The number of thioether (sulfide) groups is 1. The number of rotatable bonds is 5. The van der Waals surface area contributed by atoms with Crippen LogP contribution >= 0.6 is 23.1 Å². The molecule has 2 aromatic carbocycles. The van der Waals surface area contributed by atoms with Gasteiger partial charge in [-0.2, -0.15) is 5.26 Å². The molecule has 0 saturated heterocycles. The summed E-state index contributed by atoms with van der Waals surface area (Å²) in [6.07, 6.45) is 0. The highest BCUT2D eigenvalue weighted by molar-refractivity contribution is 8.00. The third-order valence-electron chi connectivity index (χ3n) is 4.64. The number of H-pyrrole nitrogens is 1. The Morgan fingerprint density at radius 3 is 2.76 bits per heavy atom. The second-order valence-corrected chi connectivity index (χ2v) is 8.76. The molecule has 4 rings (SSSR count). The Morgan fingerprint density at radius 1 is 1.21 bits per heavy atom. The van der Waals surface area contributed by atoms with E-state index in [0.717, 1.165) is 37.8 Å². The molecule has 29 heavy (non-hydrogen) atoms. The van der Waals surface area contributed by atoms with Gasteiger partial charge in [-0.3, -0.25) is 10.1 Å². The van der Waals surface area contributed by atoms with Crippen LogP contribution in [-0.4, -0.2) is 21.1 Å². The number of nitrogens with zero attached hydrogens (tertiary/aromatic N) is 3. The lowest BCUT2D eigenvalue weighted by Gasteiger charge is -2.02. The van der Waals surface area contributed by atoms with Gasteiger partial charge in [0.25, 0.3) is 5.91 Å². The van der Waals surface area contributed by atoms with Crippen LogP contribution in [0.4, 0.5) is 5.13 Å². The molecule has 0 aliphatic heterocycles. The lowest BCUT2D eigenvalue weighted by Crippen LogP contribution is -2.11. The summed E-state index contributed by atoms with van der Waals surface area (Å²) in [6.45, 7) is 4.06. The average molecular weight is 420 g/mol. The number of benzene rings is 2. The Bertz CT molecular complexity index is 1230. The van der Waals surface area contributed by atoms with E-state index in [2.05, 4.69) is 26.6 Å². The molecule has 4 aromatic rings. The van der Waals surface area contributed by atoms with E-state index >= 15 is 0 Å². The lowest BCUT2D eigenvalue weighted by atomic mass is 10.1. The van der Waals surface area contributed by atoms with Crippen LogP contribution < -0.4 is 5.32 Å². The number of hydrogen-bond donors (Lipinski definition) is 2. The highest BCUT2D eigenvalue weighted by Gasteiger charge is 2.13. The topological polar surface area (TPSA) is 94.5 Å². The van der Waals surface area contributed by atoms with Gasteiger partial charge in [-0.05, 0) is 55.3 Å². The van der Waals surface area contributed by atoms with Gasteiger partial charge in [0.15, 0.2) is 4.34 Å². The molecule has 0 fully saturated rings. The molecule has 1 amide bonds. The third kappa shape index (κ3) is 4.16. The highest BCUT2D eigenvalue weighted by Crippen LogP contribution is 2.29. The fraction of sp³-hybridized carbons (Fsp3) is 0.143. The van der Waals surface area contributed by atoms with Gasteiger partial charge in [0, 0.05) is 27.9 Å². The van der Waals surface area contributed by atoms with Crippen LogP contribution in [0.3, 0.4) is 0 Å². The number of hydrogen-bond acceptors (Lipinski definition) is 6. The maximum atomic E-state index is 12.6. The maximum absolute atomic E-state index is 12.6. The quantitative estimate of drug-likeness (QED) is 0.349. The second-order valence-electron chi connectivity index (χ2n) is 6.56. The molecule has 0 aliphatic carbocycles. The molecule has 0 spiro atoms. The van der Waals surface area contributed by atoms with Crippen LogP contribution in [0.1, 0.15) is 32.7 Å². The molecule has 2 N–H and O–H groups in total. The first-order chi connectivity index (χ1) is 14.0. The summed E-state index contributed by atoms with van der Waals surface area (Å²) in [4.78, 5) is 15.9. The number of carbonyl (C=O) groups excluding carboxylic acids is 1. The van der Waals surface area contributed by atoms with Gasteiger partial charge in [0.1, 0.15) is 0 Å². The molecule has 0 unspecified atom stereocenters. The van der Waals surface area contributed by atoms with Crippen molar-refractivity contribution in [2.24, 2.45) is 0 Å². The van der Waals surface area contributed by atoms with Crippen LogP contribution in [0, 0.1) is 25.2 Å². The number of fused-ring (bicyclic) bond motifs is 1. The average Bonchev–Trinajstić information content (AvgIpc) is 3.30. The van der Waals surface area contributed by atoms with Crippen molar-refractivity contribution in [1.29, 1.82) is 5.26 Å². The van der Waals surface area contributed by atoms with Gasteiger partial charge >= 0.3 is 0 Å². The molecule has 0 atom stereocenters. The zero-order valence-electron chi connectivity index (χ0n) is 15.8. The maximum Gasteiger partial charge on any atom is 0.257 e. The van der Waals surface area contributed by atoms with Crippen LogP contribution in [-0.2, 0) is 5.75 Å². The lowest BCUT2D eigenvalue weighted by molar-refractivity contribution is 0.102. The molecule has 2 aromatic heterocycles. The Kier molecular flexibility index (Phi) is 5.34. The second kappa shape index (κ2) is 8.07. The summed E-state index contributed by atoms with van der Waals surface area (Å²) in [5.41, 5.74) is 5.59. The summed E-state index contributed by atoms with van der Waals surface area (Å²) in [5.74, 6) is 0.516. The van der Waals surface area contributed by atoms with Gasteiger partial charge in [-0.15, -0.1) is 10.2 Å². The minimum absolute atomic E-state index is 0.204. The summed E-state index contributed by atoms with van der Waals surface area (Å²) in [6, 6.07) is 15.2. The molecule has 6 nitrogen and oxygen atoms in total. The van der Waals surface area contributed by atoms with E-state index in [0.29, 0.717) is 16.3 Å². The first-order valence-corrected chi connectivity index (χ1v) is 10.7. The molecule has 0 aliphatic rings.